The van der Waals surface area contributed by atoms with Gasteiger partial charge in [0.1, 0.15) is 52.7 Å². The molecule has 1 heterocycles. The molecule has 0 aliphatic carbocycles. The van der Waals surface area contributed by atoms with Crippen LogP contribution in [0.15, 0.2) is 66.9 Å². The molecule has 0 fully saturated rings. The third-order valence-corrected chi connectivity index (χ3v) is 10.0. The highest BCUT2D eigenvalue weighted by Crippen LogP contribution is 2.31. The minimum atomic E-state index is -7.22. The molecule has 0 amide bonds. The molecule has 0 aliphatic rings. The average Bonchev–Trinajstić information content (AvgIpc) is 3.27. The Morgan fingerprint density at radius 1 is 0.333 bits per heavy atom. The van der Waals surface area contributed by atoms with Crippen molar-refractivity contribution < 1.29 is 92.4 Å². The van der Waals surface area contributed by atoms with Crippen molar-refractivity contribution in [2.24, 2.45) is 0 Å². The number of nitrogens with zero attached hydrogens (tertiary/aromatic N) is 1. The SMILES string of the molecule is Clc1ccc(C[n+]2cccc3ccccc32)cc1.Fc1c(F)c(F)c([B-](c2c(F)c(F)c(F)c(F)c2F)(c2c(F)c(F)c(F)c(F)c2F)c2c(F)c(F)c(F)c(F)c2F)c(F)c1F. The summed E-state index contributed by atoms with van der Waals surface area (Å²) in [6.07, 6.45) is -5.11. The lowest BCUT2D eigenvalue weighted by Gasteiger charge is -2.44. The maximum atomic E-state index is 15.4. The minimum absolute atomic E-state index is 0.779. The summed E-state index contributed by atoms with van der Waals surface area (Å²) >= 11 is 5.90. The van der Waals surface area contributed by atoms with Gasteiger partial charge in [0.2, 0.25) is 5.52 Å². The van der Waals surface area contributed by atoms with Gasteiger partial charge >= 0.3 is 0 Å². The Hall–Kier alpha value is -6.32. The molecule has 0 unspecified atom stereocenters. The minimum Gasteiger partial charge on any atom is -0.207 e. The summed E-state index contributed by atoms with van der Waals surface area (Å²) in [5.41, 5.74) is -11.8. The summed E-state index contributed by atoms with van der Waals surface area (Å²) in [5, 5.41) is 2.04. The van der Waals surface area contributed by atoms with E-state index >= 15 is 35.1 Å². The second-order valence-corrected chi connectivity index (χ2v) is 13.6. The van der Waals surface area contributed by atoms with Crippen molar-refractivity contribution in [1.82, 2.24) is 0 Å². The summed E-state index contributed by atoms with van der Waals surface area (Å²) in [6.45, 7) is 0.860. The Morgan fingerprint density at radius 3 is 0.921 bits per heavy atom. The molecular formula is C40H13BClF20N. The molecule has 0 atom stereocenters. The van der Waals surface area contributed by atoms with Gasteiger partial charge < -0.3 is 0 Å². The van der Waals surface area contributed by atoms with Crippen molar-refractivity contribution in [1.29, 1.82) is 0 Å². The van der Waals surface area contributed by atoms with Crippen LogP contribution in [0.5, 0.6) is 0 Å². The molecule has 1 aromatic heterocycles. The molecule has 0 saturated heterocycles. The Bertz CT molecular complexity index is 2610. The lowest BCUT2D eigenvalue weighted by molar-refractivity contribution is -0.662. The van der Waals surface area contributed by atoms with Gasteiger partial charge in [-0.15, -0.1) is 21.9 Å². The fraction of sp³-hybridized carbons (Fsp3) is 0.0250. The molecule has 63 heavy (non-hydrogen) atoms. The smallest absolute Gasteiger partial charge is 0.207 e. The highest BCUT2D eigenvalue weighted by Gasteiger charge is 2.52. The molecule has 7 rings (SSSR count). The second kappa shape index (κ2) is 17.1. The molecule has 0 N–H and O–H groups in total. The van der Waals surface area contributed by atoms with E-state index in [2.05, 4.69) is 59.3 Å². The monoisotopic (exact) mass is 933 g/mol. The van der Waals surface area contributed by atoms with E-state index in [1.54, 1.807) is 0 Å². The standard InChI is InChI=1S/C24BF20.C16H13ClN/c26-5-1(6(27)14(35)21(42)13(5)34)25(2-7(28)15(36)22(43)16(37)8(2)29,3-9(30)17(38)23(44)18(39)10(3)31)4-11(32)19(40)24(45)20(41)12(4)33;17-15-9-7-13(8-10-15)12-18-11-3-5-14-4-1-2-6-16(14)18/h;1-11H,12H2/q-1;+1. The van der Waals surface area contributed by atoms with Crippen molar-refractivity contribution >= 4 is 50.5 Å². The number of pyridine rings is 1. The van der Waals surface area contributed by atoms with E-state index in [0.29, 0.717) is 0 Å². The molecule has 7 aromatic rings. The third kappa shape index (κ3) is 7.26. The number of hydrogen-bond acceptors (Lipinski definition) is 0. The number of para-hydroxylation sites is 1. The highest BCUT2D eigenvalue weighted by atomic mass is 35.5. The van der Waals surface area contributed by atoms with Crippen molar-refractivity contribution in [3.8, 4) is 0 Å². The molecule has 0 spiro atoms. The van der Waals surface area contributed by atoms with E-state index in [0.717, 1.165) is 11.6 Å². The van der Waals surface area contributed by atoms with Gasteiger partial charge in [0.05, 0.1) is 0 Å². The molecule has 6 aromatic carbocycles. The van der Waals surface area contributed by atoms with Gasteiger partial charge in [-0.25, -0.2) is 87.8 Å². The third-order valence-electron chi connectivity index (χ3n) is 9.76. The normalized spacial score (nSPS) is 11.6. The van der Waals surface area contributed by atoms with E-state index in [-0.39, 0.29) is 0 Å². The van der Waals surface area contributed by atoms with E-state index in [1.807, 2.05) is 12.1 Å². The predicted octanol–water partition coefficient (Wildman–Crippen LogP) is 9.67. The molecule has 0 saturated carbocycles. The van der Waals surface area contributed by atoms with Crippen LogP contribution in [0, 0.1) is 116 Å². The zero-order valence-corrected chi connectivity index (χ0v) is 30.8. The van der Waals surface area contributed by atoms with E-state index in [1.165, 1.54) is 16.5 Å². The molecule has 0 radical (unpaired) electrons. The number of benzene rings is 6. The predicted molar refractivity (Wildman–Crippen MR) is 184 cm³/mol. The van der Waals surface area contributed by atoms with E-state index in [4.69, 9.17) is 11.6 Å². The van der Waals surface area contributed by atoms with E-state index in [9.17, 15) is 52.7 Å². The molecule has 0 bridgehead atoms. The number of rotatable bonds is 6. The molecule has 23 heteroatoms. The van der Waals surface area contributed by atoms with Gasteiger partial charge in [-0.1, -0.05) is 35.9 Å². The van der Waals surface area contributed by atoms with Crippen molar-refractivity contribution in [3.63, 3.8) is 0 Å². The first-order chi connectivity index (χ1) is 29.5. The lowest BCUT2D eigenvalue weighted by atomic mass is 9.12. The largest absolute Gasteiger partial charge is 0.212 e. The number of halogens is 21. The second-order valence-electron chi connectivity index (χ2n) is 13.1. The molecular weight excluding hydrogens is 921 g/mol. The first kappa shape index (κ1) is 46.2. The highest BCUT2D eigenvalue weighted by molar-refractivity contribution is 7.20. The summed E-state index contributed by atoms with van der Waals surface area (Å²) in [5.74, 6) is -71.4. The van der Waals surface area contributed by atoms with Gasteiger partial charge in [-0.05, 0) is 24.3 Å². The van der Waals surface area contributed by atoms with Crippen LogP contribution in [0.25, 0.3) is 10.9 Å². The first-order valence-corrected chi connectivity index (χ1v) is 17.3. The summed E-state index contributed by atoms with van der Waals surface area (Å²) in [6, 6.07) is 20.6. The maximum absolute atomic E-state index is 15.4. The van der Waals surface area contributed by atoms with Gasteiger partial charge in [0.15, 0.2) is 82.5 Å². The van der Waals surface area contributed by atoms with Gasteiger partial charge in [-0.2, -0.15) is 4.57 Å². The van der Waals surface area contributed by atoms with Crippen LogP contribution in [-0.2, 0) is 6.54 Å². The number of fused-ring (bicyclic) bond motifs is 1. The fourth-order valence-electron chi connectivity index (χ4n) is 7.02. The van der Waals surface area contributed by atoms with Crippen LogP contribution in [0.3, 0.4) is 0 Å². The van der Waals surface area contributed by atoms with Crippen LogP contribution < -0.4 is 26.4 Å². The Morgan fingerprint density at radius 2 is 0.603 bits per heavy atom. The van der Waals surface area contributed by atoms with Crippen molar-refractivity contribution in [2.75, 3.05) is 0 Å². The zero-order chi connectivity index (χ0) is 46.7. The molecule has 328 valence electrons. The Balaban J connectivity index is 0.000000302. The van der Waals surface area contributed by atoms with Crippen LogP contribution in [-0.4, -0.2) is 6.15 Å². The van der Waals surface area contributed by atoms with Gasteiger partial charge in [-0.3, -0.25) is 0 Å². The van der Waals surface area contributed by atoms with Gasteiger partial charge in [0, 0.05) is 28.1 Å². The zero-order valence-electron chi connectivity index (χ0n) is 30.0. The fourth-order valence-corrected chi connectivity index (χ4v) is 7.15. The Kier molecular flexibility index (Phi) is 12.5. The van der Waals surface area contributed by atoms with Crippen LogP contribution >= 0.6 is 11.6 Å². The van der Waals surface area contributed by atoms with E-state index < -0.39 is 144 Å². The summed E-state index contributed by atoms with van der Waals surface area (Å²) < 4.78 is 296. The first-order valence-electron chi connectivity index (χ1n) is 16.9. The van der Waals surface area contributed by atoms with Gasteiger partial charge in [0.25, 0.3) is 0 Å². The number of aromatic nitrogens is 1. The summed E-state index contributed by atoms with van der Waals surface area (Å²) in [4.78, 5) is 0. The molecule has 1 nitrogen and oxygen atoms in total. The van der Waals surface area contributed by atoms with Crippen LogP contribution in [0.2, 0.25) is 5.02 Å². The number of hydrogen-bond donors (Lipinski definition) is 0. The van der Waals surface area contributed by atoms with Crippen molar-refractivity contribution in [3.05, 3.63) is 194 Å². The Labute approximate surface area is 342 Å². The topological polar surface area (TPSA) is 3.88 Å². The average molecular weight is 934 g/mol. The quantitative estimate of drug-likeness (QED) is 0.0515. The molecule has 0 aliphatic heterocycles. The van der Waals surface area contributed by atoms with Crippen molar-refractivity contribution in [2.45, 2.75) is 6.54 Å². The maximum Gasteiger partial charge on any atom is 0.212 e. The lowest BCUT2D eigenvalue weighted by Crippen LogP contribution is -2.81. The summed E-state index contributed by atoms with van der Waals surface area (Å²) in [7, 11) is 0. The van der Waals surface area contributed by atoms with Crippen LogP contribution in [0.4, 0.5) is 87.8 Å². The van der Waals surface area contributed by atoms with Crippen LogP contribution in [0.1, 0.15) is 5.56 Å².